The Morgan fingerprint density at radius 3 is 2.73 bits per heavy atom. The largest absolute Gasteiger partial charge is 0.489 e. The van der Waals surface area contributed by atoms with Crippen LogP contribution in [0.5, 0.6) is 5.75 Å². The quantitative estimate of drug-likeness (QED) is 0.782. The summed E-state index contributed by atoms with van der Waals surface area (Å²) in [6.45, 7) is 3.92. The lowest BCUT2D eigenvalue weighted by molar-refractivity contribution is 0.242. The number of aryl methyl sites for hydroxylation is 1. The highest BCUT2D eigenvalue weighted by Crippen LogP contribution is 2.26. The van der Waals surface area contributed by atoms with Crippen LogP contribution in [-0.4, -0.2) is 6.10 Å². The van der Waals surface area contributed by atoms with Gasteiger partial charge < -0.3 is 4.74 Å². The highest BCUT2D eigenvalue weighted by atomic mass is 35.5. The second-order valence-electron chi connectivity index (χ2n) is 3.59. The van der Waals surface area contributed by atoms with Crippen LogP contribution in [-0.2, 0) is 6.42 Å². The van der Waals surface area contributed by atoms with E-state index in [1.807, 2.05) is 32.0 Å². The normalized spacial score (nSPS) is 10.1. The molecule has 0 atom stereocenters. The molecule has 0 N–H and O–H groups in total. The van der Waals surface area contributed by atoms with E-state index in [4.69, 9.17) is 21.6 Å². The van der Waals surface area contributed by atoms with E-state index in [0.717, 1.165) is 12.0 Å². The molecule has 0 aliphatic heterocycles. The van der Waals surface area contributed by atoms with E-state index in [9.17, 15) is 0 Å². The van der Waals surface area contributed by atoms with Crippen molar-refractivity contribution in [3.63, 3.8) is 0 Å². The molecular weight excluding hydrogens is 210 g/mol. The molecule has 0 saturated carbocycles. The number of nitrogens with zero attached hydrogens (tertiary/aromatic N) is 1. The van der Waals surface area contributed by atoms with E-state index >= 15 is 0 Å². The summed E-state index contributed by atoms with van der Waals surface area (Å²) >= 11 is 6.04. The van der Waals surface area contributed by atoms with Crippen LogP contribution in [0, 0.1) is 11.3 Å². The van der Waals surface area contributed by atoms with Crippen LogP contribution in [0.4, 0.5) is 0 Å². The number of hydrogen-bond acceptors (Lipinski definition) is 2. The zero-order valence-corrected chi connectivity index (χ0v) is 9.71. The smallest absolute Gasteiger partial charge is 0.138 e. The molecule has 0 bridgehead atoms. The van der Waals surface area contributed by atoms with Crippen molar-refractivity contribution in [3.8, 4) is 11.8 Å². The molecule has 0 radical (unpaired) electrons. The summed E-state index contributed by atoms with van der Waals surface area (Å²) in [5.41, 5.74) is 1.07. The summed E-state index contributed by atoms with van der Waals surface area (Å²) < 4.78 is 5.51. The van der Waals surface area contributed by atoms with Crippen LogP contribution in [0.25, 0.3) is 0 Å². The number of halogens is 1. The van der Waals surface area contributed by atoms with E-state index in [2.05, 4.69) is 6.07 Å². The van der Waals surface area contributed by atoms with Gasteiger partial charge in [-0.2, -0.15) is 5.26 Å². The topological polar surface area (TPSA) is 33.0 Å². The number of ether oxygens (including phenoxy) is 1. The third-order valence-corrected chi connectivity index (χ3v) is 2.18. The molecule has 0 aliphatic carbocycles. The van der Waals surface area contributed by atoms with Crippen molar-refractivity contribution in [2.75, 3.05) is 0 Å². The van der Waals surface area contributed by atoms with Crippen molar-refractivity contribution < 1.29 is 4.74 Å². The zero-order chi connectivity index (χ0) is 11.3. The molecule has 0 fully saturated rings. The summed E-state index contributed by atoms with van der Waals surface area (Å²) in [4.78, 5) is 0. The molecule has 0 spiro atoms. The Balaban J connectivity index is 2.75. The van der Waals surface area contributed by atoms with Gasteiger partial charge in [-0.25, -0.2) is 0 Å². The fraction of sp³-hybridized carbons (Fsp3) is 0.417. The van der Waals surface area contributed by atoms with E-state index in [0.29, 0.717) is 17.2 Å². The van der Waals surface area contributed by atoms with E-state index in [1.54, 1.807) is 0 Å². The monoisotopic (exact) mass is 223 g/mol. The molecular formula is C12H14ClNO. The molecule has 0 aliphatic rings. The van der Waals surface area contributed by atoms with Gasteiger partial charge in [0.15, 0.2) is 0 Å². The number of benzene rings is 1. The molecule has 0 aromatic heterocycles. The molecule has 15 heavy (non-hydrogen) atoms. The van der Waals surface area contributed by atoms with Gasteiger partial charge in [-0.1, -0.05) is 17.7 Å². The van der Waals surface area contributed by atoms with Gasteiger partial charge in [-0.05, 0) is 38.0 Å². The van der Waals surface area contributed by atoms with Crippen molar-refractivity contribution in [1.82, 2.24) is 0 Å². The van der Waals surface area contributed by atoms with Crippen LogP contribution in [0.2, 0.25) is 5.02 Å². The average Bonchev–Trinajstić information content (AvgIpc) is 2.18. The number of nitriles is 1. The predicted octanol–water partition coefficient (Wildman–Crippen LogP) is 3.58. The van der Waals surface area contributed by atoms with Gasteiger partial charge in [-0.15, -0.1) is 0 Å². The van der Waals surface area contributed by atoms with Crippen molar-refractivity contribution in [2.45, 2.75) is 32.8 Å². The Morgan fingerprint density at radius 2 is 2.20 bits per heavy atom. The SMILES string of the molecule is CC(C)Oc1ccc(CCC#N)cc1Cl. The lowest BCUT2D eigenvalue weighted by Gasteiger charge is -2.11. The first-order chi connectivity index (χ1) is 7.13. The molecule has 0 unspecified atom stereocenters. The summed E-state index contributed by atoms with van der Waals surface area (Å²) in [5.74, 6) is 0.701. The second-order valence-corrected chi connectivity index (χ2v) is 4.00. The van der Waals surface area contributed by atoms with E-state index in [1.165, 1.54) is 0 Å². The minimum absolute atomic E-state index is 0.118. The lowest BCUT2D eigenvalue weighted by Crippen LogP contribution is -2.05. The molecule has 2 nitrogen and oxygen atoms in total. The van der Waals surface area contributed by atoms with Gasteiger partial charge in [0.25, 0.3) is 0 Å². The molecule has 1 rings (SSSR count). The molecule has 0 amide bonds. The maximum atomic E-state index is 8.46. The van der Waals surface area contributed by atoms with Crippen LogP contribution < -0.4 is 4.74 Å². The molecule has 1 aromatic carbocycles. The minimum atomic E-state index is 0.118. The minimum Gasteiger partial charge on any atom is -0.489 e. The first kappa shape index (κ1) is 11.9. The standard InChI is InChI=1S/C12H14ClNO/c1-9(2)15-12-6-5-10(4-3-7-14)8-11(12)13/h5-6,8-9H,3-4H2,1-2H3. The van der Waals surface area contributed by atoms with Gasteiger partial charge in [0.05, 0.1) is 17.2 Å². The number of rotatable bonds is 4. The summed E-state index contributed by atoms with van der Waals surface area (Å²) in [6.07, 6.45) is 1.37. The Labute approximate surface area is 95.4 Å². The Morgan fingerprint density at radius 1 is 1.47 bits per heavy atom. The first-order valence-corrected chi connectivity index (χ1v) is 5.33. The van der Waals surface area contributed by atoms with Gasteiger partial charge in [0.1, 0.15) is 5.75 Å². The van der Waals surface area contributed by atoms with Crippen molar-refractivity contribution in [2.24, 2.45) is 0 Å². The highest BCUT2D eigenvalue weighted by Gasteiger charge is 2.04. The third kappa shape index (κ3) is 3.81. The van der Waals surface area contributed by atoms with E-state index in [-0.39, 0.29) is 6.10 Å². The molecule has 0 saturated heterocycles. The second kappa shape index (κ2) is 5.63. The van der Waals surface area contributed by atoms with Crippen molar-refractivity contribution in [3.05, 3.63) is 28.8 Å². The fourth-order valence-corrected chi connectivity index (χ4v) is 1.50. The maximum absolute atomic E-state index is 8.46. The first-order valence-electron chi connectivity index (χ1n) is 4.95. The van der Waals surface area contributed by atoms with Crippen LogP contribution in [0.3, 0.4) is 0 Å². The zero-order valence-electron chi connectivity index (χ0n) is 8.96. The summed E-state index contributed by atoms with van der Waals surface area (Å²) in [5, 5.41) is 9.07. The van der Waals surface area contributed by atoms with Gasteiger partial charge >= 0.3 is 0 Å². The molecule has 1 aromatic rings. The lowest BCUT2D eigenvalue weighted by atomic mass is 10.1. The van der Waals surface area contributed by atoms with Crippen molar-refractivity contribution >= 4 is 11.6 Å². The summed E-state index contributed by atoms with van der Waals surface area (Å²) in [6, 6.07) is 7.77. The van der Waals surface area contributed by atoms with E-state index < -0.39 is 0 Å². The maximum Gasteiger partial charge on any atom is 0.138 e. The molecule has 3 heteroatoms. The molecule has 80 valence electrons. The predicted molar refractivity (Wildman–Crippen MR) is 61.2 cm³/mol. The van der Waals surface area contributed by atoms with Gasteiger partial charge in [0, 0.05) is 6.42 Å². The Bertz CT molecular complexity index is 368. The van der Waals surface area contributed by atoms with Crippen LogP contribution in [0.1, 0.15) is 25.8 Å². The number of hydrogen-bond donors (Lipinski definition) is 0. The van der Waals surface area contributed by atoms with Crippen molar-refractivity contribution in [1.29, 1.82) is 5.26 Å². The van der Waals surface area contributed by atoms with Gasteiger partial charge in [-0.3, -0.25) is 0 Å². The third-order valence-electron chi connectivity index (χ3n) is 1.88. The van der Waals surface area contributed by atoms with Crippen LogP contribution in [0.15, 0.2) is 18.2 Å². The van der Waals surface area contributed by atoms with Gasteiger partial charge in [0.2, 0.25) is 0 Å². The average molecular weight is 224 g/mol. The summed E-state index contributed by atoms with van der Waals surface area (Å²) in [7, 11) is 0. The Hall–Kier alpha value is -1.20. The van der Waals surface area contributed by atoms with Crippen LogP contribution >= 0.6 is 11.6 Å². The fourth-order valence-electron chi connectivity index (χ4n) is 1.25. The molecule has 0 heterocycles. The highest BCUT2D eigenvalue weighted by molar-refractivity contribution is 6.32. The Kier molecular flexibility index (Phi) is 4.45.